The van der Waals surface area contributed by atoms with Gasteiger partial charge in [-0.3, -0.25) is 9.79 Å². The first-order valence-electron chi connectivity index (χ1n) is 7.38. The molecule has 0 saturated carbocycles. The van der Waals surface area contributed by atoms with Crippen molar-refractivity contribution in [2.45, 2.75) is 20.4 Å². The van der Waals surface area contributed by atoms with E-state index in [4.69, 9.17) is 11.6 Å². The third-order valence-corrected chi connectivity index (χ3v) is 3.35. The van der Waals surface area contributed by atoms with Crippen LogP contribution in [0.1, 0.15) is 19.4 Å². The molecule has 0 atom stereocenters. The summed E-state index contributed by atoms with van der Waals surface area (Å²) in [6, 6.07) is 7.76. The minimum atomic E-state index is 0. The molecular formula is C16H26ClIN4O. The number of nitrogens with one attached hydrogen (secondary N) is 2. The molecule has 0 aliphatic carbocycles. The lowest BCUT2D eigenvalue weighted by molar-refractivity contribution is -0.123. The van der Waals surface area contributed by atoms with E-state index in [0.717, 1.165) is 16.5 Å². The topological polar surface area (TPSA) is 56.7 Å². The summed E-state index contributed by atoms with van der Waals surface area (Å²) in [5.41, 5.74) is 1.12. The predicted octanol–water partition coefficient (Wildman–Crippen LogP) is 2.74. The molecule has 1 amide bonds. The monoisotopic (exact) mass is 452 g/mol. The molecule has 7 heteroatoms. The summed E-state index contributed by atoms with van der Waals surface area (Å²) < 4.78 is 0. The molecule has 1 aromatic rings. The first-order chi connectivity index (χ1) is 10.4. The van der Waals surface area contributed by atoms with Gasteiger partial charge in [0.1, 0.15) is 0 Å². The summed E-state index contributed by atoms with van der Waals surface area (Å²) in [5, 5.41) is 6.82. The molecule has 1 aromatic carbocycles. The molecule has 0 spiro atoms. The second-order valence-corrected chi connectivity index (χ2v) is 5.84. The highest BCUT2D eigenvalue weighted by molar-refractivity contribution is 14.0. The van der Waals surface area contributed by atoms with Crippen LogP contribution in [0.15, 0.2) is 29.3 Å². The van der Waals surface area contributed by atoms with Crippen molar-refractivity contribution in [1.29, 1.82) is 0 Å². The Balaban J connectivity index is 0.00000484. The maximum atomic E-state index is 11.5. The molecule has 130 valence electrons. The molecule has 0 aliphatic rings. The molecule has 2 N–H and O–H groups in total. The van der Waals surface area contributed by atoms with E-state index in [-0.39, 0.29) is 35.8 Å². The first-order valence-corrected chi connectivity index (χ1v) is 7.75. The number of amides is 1. The molecule has 0 saturated heterocycles. The van der Waals surface area contributed by atoms with E-state index in [1.165, 1.54) is 0 Å². The lowest BCUT2D eigenvalue weighted by Gasteiger charge is -2.22. The zero-order valence-corrected chi connectivity index (χ0v) is 17.2. The number of carbonyl (C=O) groups excluding carboxylic acids is 1. The van der Waals surface area contributed by atoms with Gasteiger partial charge in [-0.05, 0) is 17.7 Å². The maximum Gasteiger partial charge on any atom is 0.222 e. The van der Waals surface area contributed by atoms with Crippen LogP contribution < -0.4 is 10.6 Å². The molecule has 1 rings (SSSR count). The quantitative estimate of drug-likeness (QED) is 0.302. The van der Waals surface area contributed by atoms with E-state index in [1.807, 2.05) is 50.1 Å². The van der Waals surface area contributed by atoms with E-state index in [2.05, 4.69) is 15.6 Å². The van der Waals surface area contributed by atoms with Gasteiger partial charge in [0, 0.05) is 44.7 Å². The van der Waals surface area contributed by atoms with Crippen LogP contribution in [-0.2, 0) is 11.3 Å². The van der Waals surface area contributed by atoms with E-state index < -0.39 is 0 Å². The van der Waals surface area contributed by atoms with Gasteiger partial charge in [-0.1, -0.05) is 37.6 Å². The van der Waals surface area contributed by atoms with E-state index >= 15 is 0 Å². The fourth-order valence-electron chi connectivity index (χ4n) is 1.93. The second-order valence-electron chi connectivity index (χ2n) is 5.41. The van der Waals surface area contributed by atoms with E-state index in [0.29, 0.717) is 19.6 Å². The second kappa shape index (κ2) is 11.5. The summed E-state index contributed by atoms with van der Waals surface area (Å²) in [5.74, 6) is 0.840. The Kier molecular flexibility index (Phi) is 11.0. The van der Waals surface area contributed by atoms with Crippen molar-refractivity contribution in [3.63, 3.8) is 0 Å². The number of halogens is 2. The van der Waals surface area contributed by atoms with Crippen molar-refractivity contribution in [3.05, 3.63) is 34.9 Å². The third-order valence-electron chi connectivity index (χ3n) is 3.11. The van der Waals surface area contributed by atoms with Crippen LogP contribution in [0, 0.1) is 5.92 Å². The summed E-state index contributed by atoms with van der Waals surface area (Å²) in [7, 11) is 3.70. The van der Waals surface area contributed by atoms with E-state index in [1.54, 1.807) is 7.05 Å². The Bertz CT molecular complexity index is 523. The largest absolute Gasteiger partial charge is 0.354 e. The minimum Gasteiger partial charge on any atom is -0.354 e. The molecule has 0 fully saturated rings. The summed E-state index contributed by atoms with van der Waals surface area (Å²) >= 11 is 5.99. The van der Waals surface area contributed by atoms with Gasteiger partial charge < -0.3 is 15.5 Å². The Morgan fingerprint density at radius 2 is 1.96 bits per heavy atom. The first kappa shape index (κ1) is 22.0. The lowest BCUT2D eigenvalue weighted by Crippen LogP contribution is -2.42. The van der Waals surface area contributed by atoms with Gasteiger partial charge in [0.2, 0.25) is 5.91 Å². The number of hydrogen-bond acceptors (Lipinski definition) is 2. The SMILES string of the molecule is CN=C(NCCNC(=O)C(C)C)N(C)Cc1cccc(Cl)c1.I. The highest BCUT2D eigenvalue weighted by atomic mass is 127. The molecule has 5 nitrogen and oxygen atoms in total. The fourth-order valence-corrected chi connectivity index (χ4v) is 2.15. The van der Waals surface area contributed by atoms with Gasteiger partial charge in [-0.25, -0.2) is 0 Å². The zero-order valence-electron chi connectivity index (χ0n) is 14.1. The molecule has 0 aromatic heterocycles. The average Bonchev–Trinajstić information content (AvgIpc) is 2.46. The van der Waals surface area contributed by atoms with Gasteiger partial charge in [-0.15, -0.1) is 24.0 Å². The summed E-state index contributed by atoms with van der Waals surface area (Å²) in [6.45, 7) is 5.66. The maximum absolute atomic E-state index is 11.5. The van der Waals surface area contributed by atoms with Crippen molar-refractivity contribution in [2.75, 3.05) is 27.2 Å². The number of guanidine groups is 1. The minimum absolute atomic E-state index is 0. The van der Waals surface area contributed by atoms with Crippen molar-refractivity contribution < 1.29 is 4.79 Å². The van der Waals surface area contributed by atoms with Crippen molar-refractivity contribution >= 4 is 47.4 Å². The van der Waals surface area contributed by atoms with Crippen LogP contribution in [0.25, 0.3) is 0 Å². The normalized spacial score (nSPS) is 11.0. The lowest BCUT2D eigenvalue weighted by atomic mass is 10.2. The highest BCUT2D eigenvalue weighted by Gasteiger charge is 2.08. The van der Waals surface area contributed by atoms with E-state index in [9.17, 15) is 4.79 Å². The molecule has 0 aliphatic heterocycles. The number of hydrogen-bond donors (Lipinski definition) is 2. The molecule has 0 radical (unpaired) electrons. The van der Waals surface area contributed by atoms with Gasteiger partial charge in [0.25, 0.3) is 0 Å². The number of aliphatic imine (C=N–C) groups is 1. The summed E-state index contributed by atoms with van der Waals surface area (Å²) in [4.78, 5) is 17.7. The average molecular weight is 453 g/mol. The fraction of sp³-hybridized carbons (Fsp3) is 0.500. The third kappa shape index (κ3) is 8.41. The molecule has 0 heterocycles. The van der Waals surface area contributed by atoms with Crippen molar-refractivity contribution in [2.24, 2.45) is 10.9 Å². The zero-order chi connectivity index (χ0) is 16.5. The molecular weight excluding hydrogens is 427 g/mol. The number of carbonyl (C=O) groups is 1. The van der Waals surface area contributed by atoms with Crippen LogP contribution in [0.4, 0.5) is 0 Å². The molecule has 0 bridgehead atoms. The van der Waals surface area contributed by atoms with Crippen LogP contribution in [0.5, 0.6) is 0 Å². The molecule has 0 unspecified atom stereocenters. The van der Waals surface area contributed by atoms with Crippen LogP contribution >= 0.6 is 35.6 Å². The van der Waals surface area contributed by atoms with Gasteiger partial charge in [-0.2, -0.15) is 0 Å². The summed E-state index contributed by atoms with van der Waals surface area (Å²) in [6.07, 6.45) is 0. The number of benzene rings is 1. The molecule has 23 heavy (non-hydrogen) atoms. The Hall–Kier alpha value is -1.02. The van der Waals surface area contributed by atoms with Crippen molar-refractivity contribution in [3.8, 4) is 0 Å². The van der Waals surface area contributed by atoms with Gasteiger partial charge in [0.05, 0.1) is 0 Å². The Labute approximate surface area is 160 Å². The predicted molar refractivity (Wildman–Crippen MR) is 108 cm³/mol. The van der Waals surface area contributed by atoms with Crippen LogP contribution in [0.2, 0.25) is 5.02 Å². The standard InChI is InChI=1S/C16H25ClN4O.HI/c1-12(2)15(22)19-8-9-20-16(18-3)21(4)11-13-6-5-7-14(17)10-13;/h5-7,10,12H,8-9,11H2,1-4H3,(H,18,20)(H,19,22);1H. The number of rotatable bonds is 6. The van der Waals surface area contributed by atoms with Crippen LogP contribution in [0.3, 0.4) is 0 Å². The van der Waals surface area contributed by atoms with Gasteiger partial charge >= 0.3 is 0 Å². The Morgan fingerprint density at radius 3 is 2.52 bits per heavy atom. The van der Waals surface area contributed by atoms with Crippen molar-refractivity contribution in [1.82, 2.24) is 15.5 Å². The number of nitrogens with zero attached hydrogens (tertiary/aromatic N) is 2. The highest BCUT2D eigenvalue weighted by Crippen LogP contribution is 2.12. The Morgan fingerprint density at radius 1 is 1.30 bits per heavy atom. The van der Waals surface area contributed by atoms with Crippen LogP contribution in [-0.4, -0.2) is 44.0 Å². The smallest absolute Gasteiger partial charge is 0.222 e. The van der Waals surface area contributed by atoms with Gasteiger partial charge in [0.15, 0.2) is 5.96 Å².